The minimum absolute atomic E-state index is 0.0459. The molecule has 1 N–H and O–H groups in total. The highest BCUT2D eigenvalue weighted by molar-refractivity contribution is 5.88. The van der Waals surface area contributed by atoms with Crippen molar-refractivity contribution in [3.05, 3.63) is 106 Å². The Morgan fingerprint density at radius 3 is 2.17 bits per heavy atom. The average molecular weight is 471 g/mol. The average Bonchev–Trinajstić information content (AvgIpc) is 2.82. The molecular formula is C31H38N2O2. The third kappa shape index (κ3) is 7.81. The van der Waals surface area contributed by atoms with Crippen LogP contribution in [-0.2, 0) is 29.0 Å². The summed E-state index contributed by atoms with van der Waals surface area (Å²) in [6, 6.07) is 23.6. The van der Waals surface area contributed by atoms with E-state index in [1.54, 1.807) is 4.90 Å². The van der Waals surface area contributed by atoms with Crippen LogP contribution in [0.25, 0.3) is 0 Å². The molecular weight excluding hydrogens is 432 g/mol. The van der Waals surface area contributed by atoms with Crippen molar-refractivity contribution in [3.63, 3.8) is 0 Å². The summed E-state index contributed by atoms with van der Waals surface area (Å²) >= 11 is 0. The highest BCUT2D eigenvalue weighted by Crippen LogP contribution is 2.18. The highest BCUT2D eigenvalue weighted by Gasteiger charge is 2.30. The SMILES string of the molecule is Cc1cccc(CN(C(=O)Cc2ccc(C)c(C)c2)C(Cc2ccccc2)C(=O)NCC(C)C)c1. The van der Waals surface area contributed by atoms with E-state index in [1.807, 2.05) is 61.5 Å². The number of hydrogen-bond donors (Lipinski definition) is 1. The number of nitrogens with one attached hydrogen (secondary N) is 1. The standard InChI is InChI=1S/C31H38N2O2/c1-22(2)20-32-31(35)29(18-26-11-7-6-8-12-26)33(21-28-13-9-10-23(3)16-28)30(34)19-27-15-14-24(4)25(5)17-27/h6-17,22,29H,18-21H2,1-5H3,(H,32,35). The molecule has 0 bridgehead atoms. The van der Waals surface area contributed by atoms with Crippen LogP contribution in [-0.4, -0.2) is 29.3 Å². The molecule has 0 aliphatic carbocycles. The van der Waals surface area contributed by atoms with Gasteiger partial charge in [-0.2, -0.15) is 0 Å². The molecule has 0 radical (unpaired) electrons. The van der Waals surface area contributed by atoms with Crippen molar-refractivity contribution in [1.82, 2.24) is 10.2 Å². The van der Waals surface area contributed by atoms with Gasteiger partial charge in [0.15, 0.2) is 0 Å². The molecule has 0 heterocycles. The van der Waals surface area contributed by atoms with Gasteiger partial charge in [0.05, 0.1) is 6.42 Å². The van der Waals surface area contributed by atoms with Crippen molar-refractivity contribution in [3.8, 4) is 0 Å². The monoisotopic (exact) mass is 470 g/mol. The Hall–Kier alpha value is -3.40. The molecule has 3 aromatic carbocycles. The Labute approximate surface area is 210 Å². The Balaban J connectivity index is 1.96. The molecule has 0 aliphatic rings. The number of amides is 2. The van der Waals surface area contributed by atoms with Crippen LogP contribution in [0.5, 0.6) is 0 Å². The lowest BCUT2D eigenvalue weighted by Gasteiger charge is -2.32. The van der Waals surface area contributed by atoms with E-state index < -0.39 is 6.04 Å². The van der Waals surface area contributed by atoms with Crippen LogP contribution < -0.4 is 5.32 Å². The molecule has 3 rings (SSSR count). The lowest BCUT2D eigenvalue weighted by molar-refractivity contribution is -0.140. The lowest BCUT2D eigenvalue weighted by atomic mass is 10.00. The second kappa shape index (κ2) is 12.3. The van der Waals surface area contributed by atoms with E-state index in [0.717, 1.165) is 27.8 Å². The molecule has 1 atom stereocenters. The van der Waals surface area contributed by atoms with Gasteiger partial charge in [-0.05, 0) is 54.5 Å². The van der Waals surface area contributed by atoms with Crippen molar-refractivity contribution in [2.45, 2.75) is 60.0 Å². The summed E-state index contributed by atoms with van der Waals surface area (Å²) < 4.78 is 0. The first-order chi connectivity index (χ1) is 16.7. The molecule has 1 unspecified atom stereocenters. The fraction of sp³-hybridized carbons (Fsp3) is 0.355. The van der Waals surface area contributed by atoms with Crippen LogP contribution in [0.2, 0.25) is 0 Å². The Morgan fingerprint density at radius 2 is 1.51 bits per heavy atom. The van der Waals surface area contributed by atoms with Gasteiger partial charge in [-0.3, -0.25) is 9.59 Å². The Kier molecular flexibility index (Phi) is 9.25. The Morgan fingerprint density at radius 1 is 0.800 bits per heavy atom. The van der Waals surface area contributed by atoms with E-state index >= 15 is 0 Å². The number of carbonyl (C=O) groups is 2. The quantitative estimate of drug-likeness (QED) is 0.421. The van der Waals surface area contributed by atoms with Gasteiger partial charge in [0.2, 0.25) is 11.8 Å². The molecule has 0 saturated carbocycles. The maximum Gasteiger partial charge on any atom is 0.243 e. The second-order valence-corrected chi connectivity index (χ2v) is 9.95. The third-order valence-electron chi connectivity index (χ3n) is 6.32. The minimum Gasteiger partial charge on any atom is -0.354 e. The number of hydrogen-bond acceptors (Lipinski definition) is 2. The first-order valence-corrected chi connectivity index (χ1v) is 12.5. The van der Waals surface area contributed by atoms with Crippen LogP contribution in [0.3, 0.4) is 0 Å². The van der Waals surface area contributed by atoms with Gasteiger partial charge in [-0.1, -0.05) is 92.2 Å². The summed E-state index contributed by atoms with van der Waals surface area (Å²) in [4.78, 5) is 29.1. The van der Waals surface area contributed by atoms with Gasteiger partial charge >= 0.3 is 0 Å². The molecule has 35 heavy (non-hydrogen) atoms. The van der Waals surface area contributed by atoms with E-state index in [9.17, 15) is 9.59 Å². The summed E-state index contributed by atoms with van der Waals surface area (Å²) in [5.41, 5.74) is 6.52. The number of carbonyl (C=O) groups excluding carboxylic acids is 2. The molecule has 0 fully saturated rings. The fourth-order valence-corrected chi connectivity index (χ4v) is 4.17. The molecule has 0 aliphatic heterocycles. The molecule has 184 valence electrons. The maximum absolute atomic E-state index is 13.8. The molecule has 0 saturated heterocycles. The van der Waals surface area contributed by atoms with Gasteiger partial charge in [0, 0.05) is 19.5 Å². The molecule has 4 nitrogen and oxygen atoms in total. The summed E-state index contributed by atoms with van der Waals surface area (Å²) in [6.45, 7) is 11.3. The predicted molar refractivity (Wildman–Crippen MR) is 143 cm³/mol. The maximum atomic E-state index is 13.8. The second-order valence-electron chi connectivity index (χ2n) is 9.95. The first-order valence-electron chi connectivity index (χ1n) is 12.5. The summed E-state index contributed by atoms with van der Waals surface area (Å²) in [5.74, 6) is 0.173. The zero-order chi connectivity index (χ0) is 25.4. The molecule has 0 aromatic heterocycles. The van der Waals surface area contributed by atoms with Gasteiger partial charge in [-0.15, -0.1) is 0 Å². The fourth-order valence-electron chi connectivity index (χ4n) is 4.17. The van der Waals surface area contributed by atoms with E-state index in [4.69, 9.17) is 0 Å². The summed E-state index contributed by atoms with van der Waals surface area (Å²) in [5, 5.41) is 3.08. The van der Waals surface area contributed by atoms with Crippen molar-refractivity contribution in [1.29, 1.82) is 0 Å². The minimum atomic E-state index is -0.601. The van der Waals surface area contributed by atoms with E-state index in [2.05, 4.69) is 51.2 Å². The van der Waals surface area contributed by atoms with E-state index in [1.165, 1.54) is 5.56 Å². The topological polar surface area (TPSA) is 49.4 Å². The lowest BCUT2D eigenvalue weighted by Crippen LogP contribution is -2.51. The van der Waals surface area contributed by atoms with Crippen molar-refractivity contribution in [2.75, 3.05) is 6.54 Å². The smallest absolute Gasteiger partial charge is 0.243 e. The van der Waals surface area contributed by atoms with Gasteiger partial charge < -0.3 is 10.2 Å². The van der Waals surface area contributed by atoms with Crippen molar-refractivity contribution >= 4 is 11.8 Å². The van der Waals surface area contributed by atoms with Crippen LogP contribution in [0, 0.1) is 26.7 Å². The first kappa shape index (κ1) is 26.2. The van der Waals surface area contributed by atoms with E-state index in [-0.39, 0.29) is 18.2 Å². The summed E-state index contributed by atoms with van der Waals surface area (Å²) in [6.07, 6.45) is 0.727. The normalized spacial score (nSPS) is 11.8. The zero-order valence-electron chi connectivity index (χ0n) is 21.7. The third-order valence-corrected chi connectivity index (χ3v) is 6.32. The molecule has 0 spiro atoms. The van der Waals surface area contributed by atoms with Crippen LogP contribution in [0.15, 0.2) is 72.8 Å². The van der Waals surface area contributed by atoms with E-state index in [0.29, 0.717) is 25.4 Å². The highest BCUT2D eigenvalue weighted by atomic mass is 16.2. The van der Waals surface area contributed by atoms with Crippen LogP contribution in [0.1, 0.15) is 47.2 Å². The number of aryl methyl sites for hydroxylation is 3. The van der Waals surface area contributed by atoms with Crippen molar-refractivity contribution < 1.29 is 9.59 Å². The summed E-state index contributed by atoms with van der Waals surface area (Å²) in [7, 11) is 0. The predicted octanol–water partition coefficient (Wildman–Crippen LogP) is 5.57. The van der Waals surface area contributed by atoms with Crippen LogP contribution >= 0.6 is 0 Å². The van der Waals surface area contributed by atoms with Crippen LogP contribution in [0.4, 0.5) is 0 Å². The molecule has 4 heteroatoms. The van der Waals surface area contributed by atoms with Gasteiger partial charge in [0.25, 0.3) is 0 Å². The van der Waals surface area contributed by atoms with Gasteiger partial charge in [-0.25, -0.2) is 0 Å². The zero-order valence-corrected chi connectivity index (χ0v) is 21.7. The number of nitrogens with zero attached hydrogens (tertiary/aromatic N) is 1. The largest absolute Gasteiger partial charge is 0.354 e. The van der Waals surface area contributed by atoms with Gasteiger partial charge in [0.1, 0.15) is 6.04 Å². The molecule has 3 aromatic rings. The molecule has 2 amide bonds. The number of benzene rings is 3. The Bertz CT molecular complexity index is 1140. The van der Waals surface area contributed by atoms with Crippen molar-refractivity contribution in [2.24, 2.45) is 5.92 Å². The number of rotatable bonds is 10.